The number of hydrogen-bond donors (Lipinski definition) is 0. The molecule has 1 aliphatic carbocycles. The fourth-order valence-electron chi connectivity index (χ4n) is 4.98. The van der Waals surface area contributed by atoms with Gasteiger partial charge in [0.25, 0.3) is 11.5 Å². The van der Waals surface area contributed by atoms with Gasteiger partial charge in [-0.05, 0) is 54.8 Å². The normalized spacial score (nSPS) is 13.8. The van der Waals surface area contributed by atoms with Crippen LogP contribution >= 0.6 is 0 Å². The molecule has 37 heavy (non-hydrogen) atoms. The van der Waals surface area contributed by atoms with E-state index in [-0.39, 0.29) is 17.5 Å². The Hall–Kier alpha value is -4.19. The second-order valence-electron chi connectivity index (χ2n) is 9.57. The van der Waals surface area contributed by atoms with Crippen LogP contribution in [0.4, 0.5) is 0 Å². The zero-order valence-electron chi connectivity index (χ0n) is 21.3. The van der Waals surface area contributed by atoms with Gasteiger partial charge in [0.1, 0.15) is 17.2 Å². The van der Waals surface area contributed by atoms with E-state index in [1.54, 1.807) is 13.1 Å². The zero-order valence-corrected chi connectivity index (χ0v) is 21.3. The molecule has 0 saturated heterocycles. The average Bonchev–Trinajstić information content (AvgIpc) is 2.95. The fraction of sp³-hybridized carbons (Fsp3) is 0.258. The van der Waals surface area contributed by atoms with E-state index in [1.165, 1.54) is 11.1 Å². The molecule has 1 heterocycles. The summed E-state index contributed by atoms with van der Waals surface area (Å²) in [5.41, 5.74) is 3.16. The topological polar surface area (TPSA) is 64.4 Å². The van der Waals surface area contributed by atoms with Gasteiger partial charge in [-0.3, -0.25) is 9.59 Å². The van der Waals surface area contributed by atoms with Gasteiger partial charge >= 0.3 is 0 Å². The summed E-state index contributed by atoms with van der Waals surface area (Å²) >= 11 is 0. The number of aryl methyl sites for hydroxylation is 1. The smallest absolute Gasteiger partial charge is 0.267 e. The Morgan fingerprint density at radius 2 is 1.62 bits per heavy atom. The molecule has 5 rings (SSSR count). The van der Waals surface area contributed by atoms with Crippen LogP contribution in [-0.2, 0) is 7.05 Å². The van der Waals surface area contributed by atoms with Crippen LogP contribution in [0.3, 0.4) is 0 Å². The number of hydrogen-bond acceptors (Lipinski definition) is 4. The van der Waals surface area contributed by atoms with Crippen molar-refractivity contribution < 1.29 is 9.53 Å². The van der Waals surface area contributed by atoms with Crippen LogP contribution in [0.25, 0.3) is 22.4 Å². The minimum absolute atomic E-state index is 0.0000890. The van der Waals surface area contributed by atoms with E-state index in [9.17, 15) is 9.59 Å². The summed E-state index contributed by atoms with van der Waals surface area (Å²) in [5.74, 6) is 1.34. The monoisotopic (exact) mass is 493 g/mol. The number of carbonyl (C=O) groups is 1. The van der Waals surface area contributed by atoms with Crippen LogP contribution in [0.2, 0.25) is 0 Å². The average molecular weight is 494 g/mol. The highest BCUT2D eigenvalue weighted by Crippen LogP contribution is 2.37. The van der Waals surface area contributed by atoms with Crippen LogP contribution in [0.5, 0.6) is 11.5 Å². The highest BCUT2D eigenvalue weighted by Gasteiger charge is 2.24. The largest absolute Gasteiger partial charge is 0.457 e. The summed E-state index contributed by atoms with van der Waals surface area (Å²) in [7, 11) is 3.53. The Balaban J connectivity index is 1.55. The maximum Gasteiger partial charge on any atom is 0.267 e. The standard InChI is InChI=1S/C31H31N3O3/c1-33(24-14-5-3-6-15-24)31(36)23-13-11-12-22(20-23)27-21-29(35)34(2)32-30(27)26-18-9-10-19-28(26)37-25-16-7-4-8-17-25/h4,7-13,16-21,24H,3,5-6,14-15H2,1-2H3. The third-order valence-corrected chi connectivity index (χ3v) is 7.07. The molecule has 3 aromatic carbocycles. The minimum Gasteiger partial charge on any atom is -0.457 e. The summed E-state index contributed by atoms with van der Waals surface area (Å²) in [6.07, 6.45) is 5.65. The quantitative estimate of drug-likeness (QED) is 0.316. The fourth-order valence-corrected chi connectivity index (χ4v) is 4.98. The van der Waals surface area contributed by atoms with E-state index >= 15 is 0 Å². The molecule has 0 spiro atoms. The van der Waals surface area contributed by atoms with Crippen LogP contribution in [0.15, 0.2) is 89.7 Å². The van der Waals surface area contributed by atoms with Gasteiger partial charge < -0.3 is 9.64 Å². The van der Waals surface area contributed by atoms with Crippen LogP contribution < -0.4 is 10.3 Å². The molecule has 6 heteroatoms. The molecule has 4 aromatic rings. The Kier molecular flexibility index (Phi) is 7.17. The summed E-state index contributed by atoms with van der Waals surface area (Å²) in [6.45, 7) is 0. The first kappa shape index (κ1) is 24.5. The van der Waals surface area contributed by atoms with Crippen molar-refractivity contribution in [1.82, 2.24) is 14.7 Å². The molecule has 1 aliphatic rings. The molecule has 1 saturated carbocycles. The molecular formula is C31H31N3O3. The lowest BCUT2D eigenvalue weighted by molar-refractivity contribution is 0.0696. The summed E-state index contributed by atoms with van der Waals surface area (Å²) in [6, 6.07) is 26.5. The molecular weight excluding hydrogens is 462 g/mol. The Morgan fingerprint density at radius 3 is 2.41 bits per heavy atom. The van der Waals surface area contributed by atoms with Crippen molar-refractivity contribution in [1.29, 1.82) is 0 Å². The second-order valence-corrected chi connectivity index (χ2v) is 9.57. The summed E-state index contributed by atoms with van der Waals surface area (Å²) in [5, 5.41) is 4.63. The van der Waals surface area contributed by atoms with Crippen molar-refractivity contribution in [2.75, 3.05) is 7.05 Å². The van der Waals surface area contributed by atoms with E-state index < -0.39 is 0 Å². The second kappa shape index (κ2) is 10.8. The molecule has 0 atom stereocenters. The first-order valence-corrected chi connectivity index (χ1v) is 12.8. The Bertz CT molecular complexity index is 1460. The zero-order chi connectivity index (χ0) is 25.8. The minimum atomic E-state index is -0.226. The third kappa shape index (κ3) is 5.33. The van der Waals surface area contributed by atoms with Gasteiger partial charge in [-0.15, -0.1) is 0 Å². The van der Waals surface area contributed by atoms with E-state index in [0.717, 1.165) is 36.8 Å². The van der Waals surface area contributed by atoms with Crippen molar-refractivity contribution in [2.24, 2.45) is 7.05 Å². The maximum atomic E-state index is 13.4. The number of nitrogens with zero attached hydrogens (tertiary/aromatic N) is 3. The van der Waals surface area contributed by atoms with Crippen molar-refractivity contribution in [3.05, 3.63) is 101 Å². The van der Waals surface area contributed by atoms with Gasteiger partial charge in [-0.2, -0.15) is 5.10 Å². The molecule has 0 radical (unpaired) electrons. The highest BCUT2D eigenvalue weighted by molar-refractivity contribution is 5.96. The van der Waals surface area contributed by atoms with Crippen LogP contribution in [0, 0.1) is 0 Å². The van der Waals surface area contributed by atoms with Crippen molar-refractivity contribution in [2.45, 2.75) is 38.1 Å². The molecule has 1 amide bonds. The van der Waals surface area contributed by atoms with E-state index in [2.05, 4.69) is 5.10 Å². The van der Waals surface area contributed by atoms with Gasteiger partial charge in [-0.25, -0.2) is 4.68 Å². The van der Waals surface area contributed by atoms with Crippen molar-refractivity contribution >= 4 is 5.91 Å². The number of amides is 1. The first-order chi connectivity index (χ1) is 18.0. The lowest BCUT2D eigenvalue weighted by atomic mass is 9.93. The van der Waals surface area contributed by atoms with E-state index in [1.807, 2.05) is 90.8 Å². The van der Waals surface area contributed by atoms with E-state index in [4.69, 9.17) is 4.74 Å². The molecule has 188 valence electrons. The molecule has 6 nitrogen and oxygen atoms in total. The molecule has 1 aromatic heterocycles. The summed E-state index contributed by atoms with van der Waals surface area (Å²) in [4.78, 5) is 28.0. The predicted molar refractivity (Wildman–Crippen MR) is 146 cm³/mol. The molecule has 0 unspecified atom stereocenters. The van der Waals surface area contributed by atoms with Crippen LogP contribution in [-0.4, -0.2) is 33.7 Å². The Labute approximate surface area is 217 Å². The number of benzene rings is 3. The van der Waals surface area contributed by atoms with Crippen LogP contribution in [0.1, 0.15) is 42.5 Å². The lowest BCUT2D eigenvalue weighted by Crippen LogP contribution is -2.38. The number of ether oxygens (including phenoxy) is 1. The number of aromatic nitrogens is 2. The van der Waals surface area contributed by atoms with Gasteiger partial charge in [0.15, 0.2) is 0 Å². The SMILES string of the molecule is CN(C(=O)c1cccc(-c2cc(=O)n(C)nc2-c2ccccc2Oc2ccccc2)c1)C1CCCCC1. The highest BCUT2D eigenvalue weighted by atomic mass is 16.5. The lowest BCUT2D eigenvalue weighted by Gasteiger charge is -2.31. The third-order valence-electron chi connectivity index (χ3n) is 7.07. The number of rotatable bonds is 6. The van der Waals surface area contributed by atoms with Gasteiger partial charge in [0.2, 0.25) is 0 Å². The summed E-state index contributed by atoms with van der Waals surface area (Å²) < 4.78 is 7.52. The van der Waals surface area contributed by atoms with Gasteiger partial charge in [-0.1, -0.05) is 61.7 Å². The van der Waals surface area contributed by atoms with E-state index in [0.29, 0.717) is 28.3 Å². The van der Waals surface area contributed by atoms with Gasteiger partial charge in [0, 0.05) is 42.9 Å². The predicted octanol–water partition coefficient (Wildman–Crippen LogP) is 6.31. The first-order valence-electron chi connectivity index (χ1n) is 12.8. The molecule has 0 N–H and O–H groups in total. The maximum absolute atomic E-state index is 13.4. The van der Waals surface area contributed by atoms with Crippen molar-refractivity contribution in [3.8, 4) is 33.9 Å². The molecule has 0 aliphatic heterocycles. The van der Waals surface area contributed by atoms with Gasteiger partial charge in [0.05, 0.1) is 0 Å². The number of para-hydroxylation sites is 2. The molecule has 0 bridgehead atoms. The number of carbonyl (C=O) groups excluding carboxylic acids is 1. The molecule has 1 fully saturated rings. The van der Waals surface area contributed by atoms with Crippen molar-refractivity contribution in [3.63, 3.8) is 0 Å². The Morgan fingerprint density at radius 1 is 0.892 bits per heavy atom.